The van der Waals surface area contributed by atoms with Gasteiger partial charge in [-0.2, -0.15) is 11.8 Å². The van der Waals surface area contributed by atoms with E-state index in [0.717, 1.165) is 17.9 Å². The van der Waals surface area contributed by atoms with Gasteiger partial charge in [0.05, 0.1) is 11.3 Å². The average molecular weight is 302 g/mol. The number of carboxylic acids is 1. The molecule has 0 aliphatic carbocycles. The molecule has 1 saturated heterocycles. The zero-order valence-electron chi connectivity index (χ0n) is 8.57. The van der Waals surface area contributed by atoms with Crippen LogP contribution in [-0.2, 0) is 0 Å². The maximum atomic E-state index is 11.1. The summed E-state index contributed by atoms with van der Waals surface area (Å²) in [7, 11) is 0. The summed E-state index contributed by atoms with van der Waals surface area (Å²) < 4.78 is 0.621. The molecule has 1 aliphatic heterocycles. The van der Waals surface area contributed by atoms with E-state index in [1.165, 1.54) is 0 Å². The molecule has 2 N–H and O–H groups in total. The minimum absolute atomic E-state index is 0.319. The molecule has 1 aliphatic rings. The second-order valence-corrected chi connectivity index (χ2v) is 5.68. The maximum absolute atomic E-state index is 11.1. The molecular weight excluding hydrogens is 290 g/mol. The molecule has 1 aromatic carbocycles. The van der Waals surface area contributed by atoms with E-state index in [1.807, 2.05) is 23.9 Å². The van der Waals surface area contributed by atoms with Crippen molar-refractivity contribution in [2.75, 3.05) is 16.8 Å². The van der Waals surface area contributed by atoms with Crippen LogP contribution in [0.1, 0.15) is 16.8 Å². The van der Waals surface area contributed by atoms with Crippen LogP contribution in [0.15, 0.2) is 22.7 Å². The van der Waals surface area contributed by atoms with Crippen molar-refractivity contribution in [3.63, 3.8) is 0 Å². The van der Waals surface area contributed by atoms with Gasteiger partial charge in [-0.25, -0.2) is 4.79 Å². The van der Waals surface area contributed by atoms with Crippen LogP contribution < -0.4 is 5.32 Å². The standard InChI is InChI=1S/C11H12BrNO2S/c12-8-2-1-3-9(10(8)11(14)15)13-7-4-5-16-6-7/h1-3,7,13H,4-6H2,(H,14,15). The molecular formula is C11H12BrNO2S. The summed E-state index contributed by atoms with van der Waals surface area (Å²) in [5.74, 6) is 1.29. The molecule has 0 spiro atoms. The summed E-state index contributed by atoms with van der Waals surface area (Å²) in [4.78, 5) is 11.1. The van der Waals surface area contributed by atoms with Crippen LogP contribution in [0.2, 0.25) is 0 Å². The summed E-state index contributed by atoms with van der Waals surface area (Å²) in [6.07, 6.45) is 1.09. The molecule has 1 fully saturated rings. The van der Waals surface area contributed by atoms with Gasteiger partial charge < -0.3 is 10.4 Å². The number of thioether (sulfide) groups is 1. The number of nitrogens with one attached hydrogen (secondary N) is 1. The lowest BCUT2D eigenvalue weighted by molar-refractivity contribution is 0.0697. The molecule has 0 radical (unpaired) electrons. The monoisotopic (exact) mass is 301 g/mol. The van der Waals surface area contributed by atoms with Gasteiger partial charge in [-0.1, -0.05) is 6.07 Å². The largest absolute Gasteiger partial charge is 0.478 e. The first-order valence-electron chi connectivity index (χ1n) is 5.04. The van der Waals surface area contributed by atoms with E-state index in [1.54, 1.807) is 6.07 Å². The number of halogens is 1. The number of rotatable bonds is 3. The highest BCUT2D eigenvalue weighted by Crippen LogP contribution is 2.28. The Morgan fingerprint density at radius 2 is 2.38 bits per heavy atom. The van der Waals surface area contributed by atoms with Gasteiger partial charge in [0.1, 0.15) is 0 Å². The fraction of sp³-hybridized carbons (Fsp3) is 0.364. The number of carbonyl (C=O) groups is 1. The maximum Gasteiger partial charge on any atom is 0.338 e. The van der Waals surface area contributed by atoms with Crippen molar-refractivity contribution in [3.8, 4) is 0 Å². The SMILES string of the molecule is O=C(O)c1c(Br)cccc1NC1CCSC1. The van der Waals surface area contributed by atoms with Crippen LogP contribution in [0, 0.1) is 0 Å². The highest BCUT2D eigenvalue weighted by atomic mass is 79.9. The zero-order chi connectivity index (χ0) is 11.5. The van der Waals surface area contributed by atoms with Crippen molar-refractivity contribution >= 4 is 39.3 Å². The third-order valence-electron chi connectivity index (χ3n) is 2.52. The van der Waals surface area contributed by atoms with Crippen molar-refractivity contribution in [1.29, 1.82) is 0 Å². The van der Waals surface area contributed by atoms with Crippen molar-refractivity contribution < 1.29 is 9.90 Å². The number of hydrogen-bond donors (Lipinski definition) is 2. The highest BCUT2D eigenvalue weighted by Gasteiger charge is 2.19. The Morgan fingerprint density at radius 1 is 1.56 bits per heavy atom. The Balaban J connectivity index is 2.25. The molecule has 1 atom stereocenters. The van der Waals surface area contributed by atoms with Gasteiger partial charge in [-0.15, -0.1) is 0 Å². The van der Waals surface area contributed by atoms with Gasteiger partial charge in [0.15, 0.2) is 0 Å². The van der Waals surface area contributed by atoms with E-state index in [0.29, 0.717) is 21.8 Å². The van der Waals surface area contributed by atoms with E-state index >= 15 is 0 Å². The van der Waals surface area contributed by atoms with Gasteiger partial charge in [-0.3, -0.25) is 0 Å². The first kappa shape index (κ1) is 11.8. The molecule has 0 aromatic heterocycles. The smallest absolute Gasteiger partial charge is 0.338 e. The molecule has 5 heteroatoms. The van der Waals surface area contributed by atoms with Crippen LogP contribution in [-0.4, -0.2) is 28.6 Å². The van der Waals surface area contributed by atoms with Crippen molar-refractivity contribution in [2.45, 2.75) is 12.5 Å². The Hall–Kier alpha value is -0.680. The molecule has 1 aromatic rings. The van der Waals surface area contributed by atoms with Crippen molar-refractivity contribution in [1.82, 2.24) is 0 Å². The third kappa shape index (κ3) is 2.52. The van der Waals surface area contributed by atoms with Gasteiger partial charge in [-0.05, 0) is 40.2 Å². The van der Waals surface area contributed by atoms with Gasteiger partial charge in [0.25, 0.3) is 0 Å². The minimum atomic E-state index is -0.902. The van der Waals surface area contributed by atoms with Crippen LogP contribution in [0.25, 0.3) is 0 Å². The van der Waals surface area contributed by atoms with Gasteiger partial charge in [0.2, 0.25) is 0 Å². The Labute approximate surface area is 107 Å². The lowest BCUT2D eigenvalue weighted by atomic mass is 10.1. The Bertz CT molecular complexity index is 405. The van der Waals surface area contributed by atoms with E-state index < -0.39 is 5.97 Å². The van der Waals surface area contributed by atoms with E-state index in [-0.39, 0.29) is 0 Å². The van der Waals surface area contributed by atoms with Crippen LogP contribution in [0.4, 0.5) is 5.69 Å². The van der Waals surface area contributed by atoms with Crippen molar-refractivity contribution in [3.05, 3.63) is 28.2 Å². The predicted octanol–water partition coefficient (Wildman–Crippen LogP) is 3.06. The number of aromatic carboxylic acids is 1. The zero-order valence-corrected chi connectivity index (χ0v) is 11.0. The highest BCUT2D eigenvalue weighted by molar-refractivity contribution is 9.10. The van der Waals surface area contributed by atoms with Crippen molar-refractivity contribution in [2.24, 2.45) is 0 Å². The van der Waals surface area contributed by atoms with E-state index in [2.05, 4.69) is 21.2 Å². The van der Waals surface area contributed by atoms with E-state index in [4.69, 9.17) is 5.11 Å². The Morgan fingerprint density at radius 3 is 3.00 bits per heavy atom. The van der Waals surface area contributed by atoms with Crippen LogP contribution in [0.5, 0.6) is 0 Å². The fourth-order valence-electron chi connectivity index (χ4n) is 1.73. The lowest BCUT2D eigenvalue weighted by Crippen LogP contribution is -2.20. The van der Waals surface area contributed by atoms with Crippen LogP contribution >= 0.6 is 27.7 Å². The fourth-order valence-corrected chi connectivity index (χ4v) is 3.42. The quantitative estimate of drug-likeness (QED) is 0.901. The summed E-state index contributed by atoms with van der Waals surface area (Å²) in [5.41, 5.74) is 1.02. The number of hydrogen-bond acceptors (Lipinski definition) is 3. The molecule has 2 rings (SSSR count). The minimum Gasteiger partial charge on any atom is -0.478 e. The molecule has 16 heavy (non-hydrogen) atoms. The first-order valence-corrected chi connectivity index (χ1v) is 6.99. The normalized spacial score (nSPS) is 19.7. The molecule has 1 heterocycles. The first-order chi connectivity index (χ1) is 7.68. The molecule has 1 unspecified atom stereocenters. The third-order valence-corrected chi connectivity index (χ3v) is 4.34. The topological polar surface area (TPSA) is 49.3 Å². The molecule has 0 amide bonds. The molecule has 86 valence electrons. The summed E-state index contributed by atoms with van der Waals surface area (Å²) >= 11 is 5.17. The summed E-state index contributed by atoms with van der Waals surface area (Å²) in [6.45, 7) is 0. The molecule has 3 nitrogen and oxygen atoms in total. The van der Waals surface area contributed by atoms with Gasteiger partial charge >= 0.3 is 5.97 Å². The molecule has 0 bridgehead atoms. The van der Waals surface area contributed by atoms with Crippen LogP contribution in [0.3, 0.4) is 0 Å². The molecule has 0 saturated carbocycles. The van der Waals surface area contributed by atoms with Gasteiger partial charge in [0, 0.05) is 16.3 Å². The number of benzene rings is 1. The Kier molecular flexibility index (Phi) is 3.76. The second-order valence-electron chi connectivity index (χ2n) is 3.67. The number of carboxylic acid groups (broad SMARTS) is 1. The summed E-state index contributed by atoms with van der Waals surface area (Å²) in [5, 5.41) is 12.4. The lowest BCUT2D eigenvalue weighted by Gasteiger charge is -2.15. The summed E-state index contributed by atoms with van der Waals surface area (Å²) in [6, 6.07) is 5.80. The van der Waals surface area contributed by atoms with E-state index in [9.17, 15) is 4.79 Å². The second kappa shape index (κ2) is 5.10. The average Bonchev–Trinajstić information content (AvgIpc) is 2.70. The predicted molar refractivity (Wildman–Crippen MR) is 70.5 cm³/mol. The number of anilines is 1.